The summed E-state index contributed by atoms with van der Waals surface area (Å²) in [7, 11) is 0. The third-order valence-corrected chi connectivity index (χ3v) is 6.25. The third-order valence-electron chi connectivity index (χ3n) is 5.49. The summed E-state index contributed by atoms with van der Waals surface area (Å²) in [6.07, 6.45) is 1.81. The summed E-state index contributed by atoms with van der Waals surface area (Å²) < 4.78 is 14.5. The number of nitrogens with zero attached hydrogens (tertiary/aromatic N) is 4. The smallest absolute Gasteiger partial charge is 0.296 e. The van der Waals surface area contributed by atoms with Gasteiger partial charge in [-0.2, -0.15) is 0 Å². The maximum atomic E-state index is 13.1. The van der Waals surface area contributed by atoms with Crippen molar-refractivity contribution in [2.24, 2.45) is 0 Å². The molecular weight excluding hydrogens is 421 g/mol. The van der Waals surface area contributed by atoms with E-state index in [0.717, 1.165) is 4.88 Å². The molecule has 0 spiro atoms. The van der Waals surface area contributed by atoms with Gasteiger partial charge >= 0.3 is 0 Å². The van der Waals surface area contributed by atoms with Crippen LogP contribution in [0.5, 0.6) is 5.75 Å². The van der Waals surface area contributed by atoms with Crippen molar-refractivity contribution in [3.05, 3.63) is 74.1 Å². The van der Waals surface area contributed by atoms with Gasteiger partial charge in [0.05, 0.1) is 11.0 Å². The molecular formula is C21H22FN5O3S. The molecule has 10 heteroatoms. The molecule has 0 atom stereocenters. The number of nitrogens with one attached hydrogen (secondary N) is 1. The van der Waals surface area contributed by atoms with Crippen LogP contribution in [0.3, 0.4) is 0 Å². The highest BCUT2D eigenvalue weighted by atomic mass is 32.1. The van der Waals surface area contributed by atoms with Gasteiger partial charge in [-0.05, 0) is 31.5 Å². The second kappa shape index (κ2) is 8.20. The Morgan fingerprint density at radius 1 is 1.29 bits per heavy atom. The highest BCUT2D eigenvalue weighted by Crippen LogP contribution is 2.32. The molecule has 0 unspecified atom stereocenters. The molecule has 0 fully saturated rings. The number of amides is 1. The number of thiazole rings is 1. The number of benzene rings is 1. The van der Waals surface area contributed by atoms with Gasteiger partial charge in [-0.3, -0.25) is 24.0 Å². The molecule has 1 aliphatic heterocycles. The molecule has 3 aromatic rings. The van der Waals surface area contributed by atoms with Crippen molar-refractivity contribution >= 4 is 17.2 Å². The van der Waals surface area contributed by atoms with Crippen LogP contribution in [0.15, 0.2) is 40.8 Å². The van der Waals surface area contributed by atoms with Gasteiger partial charge < -0.3 is 10.4 Å². The van der Waals surface area contributed by atoms with Crippen LogP contribution in [0.25, 0.3) is 0 Å². The monoisotopic (exact) mass is 443 g/mol. The summed E-state index contributed by atoms with van der Waals surface area (Å²) in [6.45, 7) is 5.56. The fourth-order valence-electron chi connectivity index (χ4n) is 3.67. The van der Waals surface area contributed by atoms with Crippen LogP contribution >= 0.6 is 11.3 Å². The van der Waals surface area contributed by atoms with Crippen molar-refractivity contribution in [2.75, 3.05) is 6.54 Å². The number of aromatic nitrogens is 3. The van der Waals surface area contributed by atoms with E-state index in [-0.39, 0.29) is 18.1 Å². The van der Waals surface area contributed by atoms with Crippen LogP contribution in [0, 0.1) is 5.82 Å². The van der Waals surface area contributed by atoms with E-state index in [4.69, 9.17) is 0 Å². The van der Waals surface area contributed by atoms with Crippen LogP contribution in [0.1, 0.15) is 40.6 Å². The number of fused-ring (bicyclic) bond motifs is 1. The van der Waals surface area contributed by atoms with E-state index in [1.807, 2.05) is 13.8 Å². The molecule has 0 saturated heterocycles. The van der Waals surface area contributed by atoms with Gasteiger partial charge in [-0.1, -0.05) is 12.1 Å². The van der Waals surface area contributed by atoms with Crippen LogP contribution in [0.2, 0.25) is 0 Å². The van der Waals surface area contributed by atoms with Crippen molar-refractivity contribution in [3.8, 4) is 5.75 Å². The lowest BCUT2D eigenvalue weighted by Gasteiger charge is -2.42. The fourth-order valence-corrected chi connectivity index (χ4v) is 4.28. The number of aromatic hydroxyl groups is 1. The molecule has 1 amide bonds. The first kappa shape index (κ1) is 21.1. The Bertz CT molecular complexity index is 1160. The minimum atomic E-state index is -0.674. The van der Waals surface area contributed by atoms with E-state index in [2.05, 4.69) is 20.2 Å². The predicted octanol–water partition coefficient (Wildman–Crippen LogP) is 2.23. The zero-order chi connectivity index (χ0) is 22.2. The van der Waals surface area contributed by atoms with Crippen LogP contribution in [0.4, 0.5) is 4.39 Å². The predicted molar refractivity (Wildman–Crippen MR) is 113 cm³/mol. The Balaban J connectivity index is 1.62. The van der Waals surface area contributed by atoms with E-state index in [0.29, 0.717) is 31.0 Å². The van der Waals surface area contributed by atoms with E-state index < -0.39 is 22.8 Å². The topological polar surface area (TPSA) is 100 Å². The van der Waals surface area contributed by atoms with Crippen molar-refractivity contribution < 1.29 is 14.3 Å². The summed E-state index contributed by atoms with van der Waals surface area (Å²) in [6, 6.07) is 5.68. The Hall–Kier alpha value is -3.11. The normalized spacial score (nSPS) is 15.5. The van der Waals surface area contributed by atoms with Gasteiger partial charge in [0.15, 0.2) is 5.69 Å². The molecule has 8 nitrogen and oxygen atoms in total. The number of carbonyl (C=O) groups is 1. The van der Waals surface area contributed by atoms with Crippen LogP contribution in [-0.2, 0) is 25.2 Å². The van der Waals surface area contributed by atoms with Crippen molar-refractivity contribution in [3.63, 3.8) is 0 Å². The molecule has 1 aromatic carbocycles. The quantitative estimate of drug-likeness (QED) is 0.627. The van der Waals surface area contributed by atoms with Crippen molar-refractivity contribution in [1.82, 2.24) is 24.8 Å². The lowest BCUT2D eigenvalue weighted by Crippen LogP contribution is -2.52. The lowest BCUT2D eigenvalue weighted by molar-refractivity contribution is 0.0659. The molecule has 0 saturated carbocycles. The van der Waals surface area contributed by atoms with Crippen LogP contribution < -0.4 is 10.9 Å². The minimum absolute atomic E-state index is 0.111. The highest BCUT2D eigenvalue weighted by molar-refractivity contribution is 7.09. The molecule has 4 rings (SSSR count). The largest absolute Gasteiger partial charge is 0.501 e. The lowest BCUT2D eigenvalue weighted by atomic mass is 9.98. The maximum Gasteiger partial charge on any atom is 0.296 e. The molecule has 0 aliphatic carbocycles. The van der Waals surface area contributed by atoms with Gasteiger partial charge in [-0.25, -0.2) is 9.37 Å². The van der Waals surface area contributed by atoms with Gasteiger partial charge in [0.25, 0.3) is 11.5 Å². The van der Waals surface area contributed by atoms with E-state index in [9.17, 15) is 19.1 Å². The molecule has 3 heterocycles. The molecule has 2 N–H and O–H groups in total. The zero-order valence-corrected chi connectivity index (χ0v) is 17.9. The van der Waals surface area contributed by atoms with E-state index in [1.165, 1.54) is 16.7 Å². The number of hydrogen-bond donors (Lipinski definition) is 2. The molecule has 0 bridgehead atoms. The maximum absolute atomic E-state index is 13.1. The average molecular weight is 444 g/mol. The summed E-state index contributed by atoms with van der Waals surface area (Å²) >= 11 is 1.55. The zero-order valence-electron chi connectivity index (χ0n) is 17.1. The Morgan fingerprint density at radius 2 is 2.03 bits per heavy atom. The first-order valence-corrected chi connectivity index (χ1v) is 10.6. The first-order valence-electron chi connectivity index (χ1n) is 9.76. The molecule has 162 valence electrons. The highest BCUT2D eigenvalue weighted by Gasteiger charge is 2.39. The van der Waals surface area contributed by atoms with E-state index >= 15 is 0 Å². The Kier molecular flexibility index (Phi) is 5.59. The van der Waals surface area contributed by atoms with Crippen molar-refractivity contribution in [1.29, 1.82) is 0 Å². The molecule has 1 aliphatic rings. The molecule has 0 radical (unpaired) electrons. The number of hydrogen-bond acceptors (Lipinski definition) is 7. The minimum Gasteiger partial charge on any atom is -0.501 e. The Morgan fingerprint density at radius 3 is 2.71 bits per heavy atom. The molecule has 31 heavy (non-hydrogen) atoms. The summed E-state index contributed by atoms with van der Waals surface area (Å²) in [4.78, 5) is 37.3. The van der Waals surface area contributed by atoms with Crippen LogP contribution in [-0.4, -0.2) is 37.0 Å². The summed E-state index contributed by atoms with van der Waals surface area (Å²) in [5.74, 6) is -1.30. The van der Waals surface area contributed by atoms with Gasteiger partial charge in [0, 0.05) is 37.3 Å². The van der Waals surface area contributed by atoms with Gasteiger partial charge in [0.2, 0.25) is 5.75 Å². The van der Waals surface area contributed by atoms with Crippen molar-refractivity contribution in [2.45, 2.75) is 39.0 Å². The first-order chi connectivity index (χ1) is 14.8. The summed E-state index contributed by atoms with van der Waals surface area (Å²) in [5, 5.41) is 13.0. The molecule has 2 aromatic heterocycles. The van der Waals surface area contributed by atoms with Gasteiger partial charge in [0.1, 0.15) is 11.6 Å². The number of rotatable bonds is 5. The SMILES string of the molecule is CC1(C)c2nc(C(=O)NCc3ccc(F)cc3)c(O)c(=O)n2CCN1Cc1cncs1. The summed E-state index contributed by atoms with van der Waals surface area (Å²) in [5.41, 5.74) is 0.847. The third kappa shape index (κ3) is 4.08. The average Bonchev–Trinajstić information content (AvgIpc) is 3.25. The number of halogens is 1. The fraction of sp³-hybridized carbons (Fsp3) is 0.333. The standard InChI is InChI=1S/C21H22FN5O3S/c1-21(2)20-25-16(18(29)24-9-13-3-5-14(22)6-4-13)17(28)19(30)27(20)8-7-26(21)11-15-10-23-12-31-15/h3-6,10,12,28H,7-9,11H2,1-2H3,(H,24,29). The Labute approximate surface area is 182 Å². The number of carbonyl (C=O) groups excluding carboxylic acids is 1. The second-order valence-corrected chi connectivity index (χ2v) is 8.82. The van der Waals surface area contributed by atoms with Gasteiger partial charge in [-0.15, -0.1) is 11.3 Å². The van der Waals surface area contributed by atoms with E-state index in [1.54, 1.807) is 35.2 Å². The second-order valence-electron chi connectivity index (χ2n) is 7.85.